The van der Waals surface area contributed by atoms with E-state index in [1.54, 1.807) is 19.1 Å². The van der Waals surface area contributed by atoms with Crippen molar-refractivity contribution in [1.29, 1.82) is 5.26 Å². The monoisotopic (exact) mass is 683 g/mol. The molecule has 0 saturated heterocycles. The fourth-order valence-corrected chi connectivity index (χ4v) is 5.15. The van der Waals surface area contributed by atoms with Crippen molar-refractivity contribution in [3.63, 3.8) is 0 Å². The van der Waals surface area contributed by atoms with Crippen molar-refractivity contribution in [2.75, 3.05) is 59.5 Å². The Bertz CT molecular complexity index is 1180. The summed E-state index contributed by atoms with van der Waals surface area (Å²) >= 11 is 0. The van der Waals surface area contributed by atoms with Crippen LogP contribution in [-0.4, -0.2) is 95.1 Å². The van der Waals surface area contributed by atoms with Crippen LogP contribution in [0.2, 0.25) is 19.6 Å². The first-order valence-corrected chi connectivity index (χ1v) is 19.6. The quantitative estimate of drug-likeness (QED) is 0.0206. The summed E-state index contributed by atoms with van der Waals surface area (Å²) in [5, 5.41) is 20.2. The van der Waals surface area contributed by atoms with Crippen LogP contribution >= 0.6 is 8.96 Å². The third-order valence-electron chi connectivity index (χ3n) is 5.97. The molecule has 1 aromatic rings. The van der Waals surface area contributed by atoms with E-state index in [9.17, 15) is 14.9 Å². The lowest BCUT2D eigenvalue weighted by Gasteiger charge is -2.40. The molecule has 46 heavy (non-hydrogen) atoms. The zero-order chi connectivity index (χ0) is 34.6. The number of ether oxygens (including phenoxy) is 6. The summed E-state index contributed by atoms with van der Waals surface area (Å²) < 4.78 is 40.5. The number of nitriles is 1. The number of nitro benzene ring substituents is 1. The predicted octanol–water partition coefficient (Wildman–Crippen LogP) is 5.99. The van der Waals surface area contributed by atoms with Crippen molar-refractivity contribution in [2.45, 2.75) is 78.6 Å². The highest BCUT2D eigenvalue weighted by Gasteiger charge is 2.30. The lowest BCUT2D eigenvalue weighted by atomic mass is 10.0. The number of benzene rings is 1. The van der Waals surface area contributed by atoms with Crippen LogP contribution in [0.4, 0.5) is 10.5 Å². The highest BCUT2D eigenvalue weighted by Crippen LogP contribution is 2.33. The van der Waals surface area contributed by atoms with Crippen LogP contribution in [0.25, 0.3) is 0 Å². The molecule has 13 nitrogen and oxygen atoms in total. The SMILES string of the molecule is CC(OC(=O)OCCOCCOCCOCCOPN(C(C)C)C(C)(C)OCCC#N)c1cc(C#C[Si](C)(C)C)ccc1[N+](=O)[O-]. The summed E-state index contributed by atoms with van der Waals surface area (Å²) in [5.41, 5.74) is 3.38. The number of rotatable bonds is 22. The number of nitrogens with zero attached hydrogens (tertiary/aromatic N) is 3. The molecular formula is C31H50N3O10PSi. The number of hydrogen-bond acceptors (Lipinski definition) is 12. The molecule has 0 aromatic heterocycles. The first kappa shape index (κ1) is 41.4. The van der Waals surface area contributed by atoms with Gasteiger partial charge in [0.1, 0.15) is 26.5 Å². The molecule has 0 radical (unpaired) electrons. The third kappa shape index (κ3) is 17.9. The van der Waals surface area contributed by atoms with Crippen LogP contribution in [0.3, 0.4) is 0 Å². The molecule has 0 heterocycles. The second-order valence-electron chi connectivity index (χ2n) is 11.8. The summed E-state index contributed by atoms with van der Waals surface area (Å²) in [6.07, 6.45) is -1.52. The summed E-state index contributed by atoms with van der Waals surface area (Å²) in [5.74, 6) is 3.06. The standard InChI is InChI=1S/C31H50N3O10PSi/c1-25(2)33(31(4,5)42-14-9-13-32)45-43-22-20-40-18-16-38-15-17-39-19-21-41-30(35)44-26(3)28-24-27(12-23-46(6,7)8)10-11-29(28)34(36)37/h10-11,24-26,45H,9,14-22H2,1-8H3. The van der Waals surface area contributed by atoms with Gasteiger partial charge in [0.05, 0.1) is 84.8 Å². The largest absolute Gasteiger partial charge is 0.508 e. The molecule has 0 aliphatic carbocycles. The second kappa shape index (κ2) is 22.0. The van der Waals surface area contributed by atoms with Gasteiger partial charge in [-0.1, -0.05) is 25.6 Å². The molecule has 0 fully saturated rings. The van der Waals surface area contributed by atoms with Crippen molar-refractivity contribution in [3.8, 4) is 17.5 Å². The molecule has 0 amide bonds. The van der Waals surface area contributed by atoms with Gasteiger partial charge in [-0.15, -0.1) is 5.54 Å². The van der Waals surface area contributed by atoms with Crippen LogP contribution < -0.4 is 0 Å². The van der Waals surface area contributed by atoms with Crippen LogP contribution in [0.15, 0.2) is 18.2 Å². The lowest BCUT2D eigenvalue weighted by Crippen LogP contribution is -2.45. The topological polar surface area (TPSA) is 152 Å². The Morgan fingerprint density at radius 1 is 1.00 bits per heavy atom. The van der Waals surface area contributed by atoms with Gasteiger partial charge >= 0.3 is 6.16 Å². The molecule has 1 rings (SSSR count). The highest BCUT2D eigenvalue weighted by atomic mass is 31.1. The number of nitro groups is 1. The molecule has 2 unspecified atom stereocenters. The van der Waals surface area contributed by atoms with E-state index in [0.717, 1.165) is 0 Å². The maximum atomic E-state index is 12.1. The molecule has 0 saturated carbocycles. The summed E-state index contributed by atoms with van der Waals surface area (Å²) in [7, 11) is -1.54. The number of hydrogen-bond donors (Lipinski definition) is 0. The van der Waals surface area contributed by atoms with Gasteiger partial charge in [0.15, 0.2) is 0 Å². The highest BCUT2D eigenvalue weighted by molar-refractivity contribution is 7.29. The van der Waals surface area contributed by atoms with E-state index < -0.39 is 31.0 Å². The fourth-order valence-electron chi connectivity index (χ4n) is 3.82. The molecule has 0 N–H and O–H groups in total. The average molecular weight is 684 g/mol. The number of carbonyl (C=O) groups excluding carboxylic acids is 1. The van der Waals surface area contributed by atoms with Crippen LogP contribution in [0.5, 0.6) is 0 Å². The van der Waals surface area contributed by atoms with Gasteiger partial charge in [-0.3, -0.25) is 10.1 Å². The van der Waals surface area contributed by atoms with Gasteiger partial charge < -0.3 is 32.9 Å². The first-order chi connectivity index (χ1) is 21.7. The Kier molecular flexibility index (Phi) is 19.8. The van der Waals surface area contributed by atoms with Crippen molar-refractivity contribution in [1.82, 2.24) is 4.67 Å². The molecule has 258 valence electrons. The second-order valence-corrected chi connectivity index (χ2v) is 17.5. The minimum atomic E-state index is -1.64. The molecule has 1 aromatic carbocycles. The van der Waals surface area contributed by atoms with Gasteiger partial charge in [-0.05, 0) is 46.8 Å². The molecule has 0 spiro atoms. The zero-order valence-corrected chi connectivity index (χ0v) is 30.4. The Hall–Kier alpha value is -2.65. The van der Waals surface area contributed by atoms with E-state index in [1.807, 2.05) is 13.8 Å². The Labute approximate surface area is 276 Å². The van der Waals surface area contributed by atoms with E-state index in [1.165, 1.54) is 6.07 Å². The van der Waals surface area contributed by atoms with Crippen LogP contribution in [0.1, 0.15) is 58.3 Å². The Balaban J connectivity index is 2.20. The number of carbonyl (C=O) groups is 1. The minimum absolute atomic E-state index is 0.0451. The molecule has 2 atom stereocenters. The molecule has 0 aliphatic rings. The van der Waals surface area contributed by atoms with E-state index in [-0.39, 0.29) is 39.5 Å². The molecule has 0 aliphatic heterocycles. The van der Waals surface area contributed by atoms with Gasteiger partial charge in [-0.2, -0.15) is 5.26 Å². The van der Waals surface area contributed by atoms with E-state index >= 15 is 0 Å². The van der Waals surface area contributed by atoms with Gasteiger partial charge in [0.2, 0.25) is 0 Å². The Morgan fingerprint density at radius 3 is 2.13 bits per heavy atom. The molecule has 0 bridgehead atoms. The maximum Gasteiger partial charge on any atom is 0.508 e. The third-order valence-corrected chi connectivity index (χ3v) is 8.43. The van der Waals surface area contributed by atoms with Gasteiger partial charge in [0, 0.05) is 17.7 Å². The van der Waals surface area contributed by atoms with Crippen molar-refractivity contribution in [2.24, 2.45) is 0 Å². The van der Waals surface area contributed by atoms with E-state index in [4.69, 9.17) is 38.2 Å². The first-order valence-electron chi connectivity index (χ1n) is 15.2. The zero-order valence-electron chi connectivity index (χ0n) is 28.4. The lowest BCUT2D eigenvalue weighted by molar-refractivity contribution is -0.386. The predicted molar refractivity (Wildman–Crippen MR) is 178 cm³/mol. The van der Waals surface area contributed by atoms with Crippen molar-refractivity contribution >= 4 is 28.9 Å². The molecular weight excluding hydrogens is 633 g/mol. The minimum Gasteiger partial charge on any atom is -0.432 e. The van der Waals surface area contributed by atoms with E-state index in [2.05, 4.69) is 55.7 Å². The Morgan fingerprint density at radius 2 is 1.59 bits per heavy atom. The van der Waals surface area contributed by atoms with Crippen molar-refractivity contribution in [3.05, 3.63) is 39.4 Å². The smallest absolute Gasteiger partial charge is 0.432 e. The van der Waals surface area contributed by atoms with E-state index in [0.29, 0.717) is 58.2 Å². The molecule has 15 heteroatoms. The van der Waals surface area contributed by atoms with Gasteiger partial charge in [-0.25, -0.2) is 9.46 Å². The average Bonchev–Trinajstić information content (AvgIpc) is 2.97. The summed E-state index contributed by atoms with van der Waals surface area (Å²) in [4.78, 5) is 23.1. The van der Waals surface area contributed by atoms with Gasteiger partial charge in [0.25, 0.3) is 5.69 Å². The summed E-state index contributed by atoms with van der Waals surface area (Å²) in [6.45, 7) is 18.6. The van der Waals surface area contributed by atoms with Crippen LogP contribution in [0, 0.1) is 32.9 Å². The van der Waals surface area contributed by atoms with Crippen LogP contribution in [-0.2, 0) is 32.9 Å². The van der Waals surface area contributed by atoms with Crippen molar-refractivity contribution < 1.29 is 42.7 Å². The fraction of sp³-hybridized carbons (Fsp3) is 0.677. The maximum absolute atomic E-state index is 12.1. The normalized spacial score (nSPS) is 12.6. The summed E-state index contributed by atoms with van der Waals surface area (Å²) in [6, 6.07) is 6.82.